The number of carbonyl (C=O) groups excluding carboxylic acids is 2. The smallest absolute Gasteiger partial charge is 0.407 e. The fourth-order valence-electron chi connectivity index (χ4n) is 5.35. The van der Waals surface area contributed by atoms with E-state index in [2.05, 4.69) is 34.9 Å². The predicted octanol–water partition coefficient (Wildman–Crippen LogP) is 4.70. The summed E-state index contributed by atoms with van der Waals surface area (Å²) in [6.45, 7) is 5.75. The maximum absolute atomic E-state index is 12.8. The third-order valence-electron chi connectivity index (χ3n) is 7.64. The van der Waals surface area contributed by atoms with Gasteiger partial charge in [-0.15, -0.1) is 0 Å². The second kappa shape index (κ2) is 10.1. The summed E-state index contributed by atoms with van der Waals surface area (Å²) in [5.74, 6) is -1.19. The Morgan fingerprint density at radius 2 is 1.66 bits per heavy atom. The summed E-state index contributed by atoms with van der Waals surface area (Å²) in [7, 11) is 0. The number of alkyl carbamates (subject to hydrolysis) is 1. The number of nitrogens with one attached hydrogen (secondary N) is 2. The third-order valence-corrected chi connectivity index (χ3v) is 7.64. The van der Waals surface area contributed by atoms with Gasteiger partial charge < -0.3 is 20.5 Å². The molecule has 0 aromatic heterocycles. The van der Waals surface area contributed by atoms with Gasteiger partial charge in [-0.3, -0.25) is 9.59 Å². The lowest BCUT2D eigenvalue weighted by atomic mass is 9.84. The molecule has 186 valence electrons. The number of carbonyl (C=O) groups is 3. The van der Waals surface area contributed by atoms with Gasteiger partial charge in [-0.1, -0.05) is 68.8 Å². The van der Waals surface area contributed by atoms with Gasteiger partial charge in [0.25, 0.3) is 0 Å². The molecule has 3 atom stereocenters. The molecule has 3 unspecified atom stereocenters. The molecule has 2 aliphatic carbocycles. The van der Waals surface area contributed by atoms with Crippen molar-refractivity contribution in [2.45, 2.75) is 64.5 Å². The van der Waals surface area contributed by atoms with E-state index in [-0.39, 0.29) is 30.8 Å². The summed E-state index contributed by atoms with van der Waals surface area (Å²) in [5, 5.41) is 15.3. The molecule has 0 radical (unpaired) electrons. The summed E-state index contributed by atoms with van der Waals surface area (Å²) in [6, 6.07) is 15.5. The Balaban J connectivity index is 1.35. The fraction of sp³-hybridized carbons (Fsp3) is 0.464. The predicted molar refractivity (Wildman–Crippen MR) is 133 cm³/mol. The normalized spacial score (nSPS) is 21.8. The molecule has 3 N–H and O–H groups in total. The molecule has 2 aliphatic rings. The summed E-state index contributed by atoms with van der Waals surface area (Å²) in [6.07, 6.45) is 1.45. The van der Waals surface area contributed by atoms with Gasteiger partial charge in [-0.25, -0.2) is 4.79 Å². The molecular weight excluding hydrogens is 444 g/mol. The van der Waals surface area contributed by atoms with Crippen molar-refractivity contribution in [3.63, 3.8) is 0 Å². The molecule has 0 aliphatic heterocycles. The molecule has 1 saturated carbocycles. The van der Waals surface area contributed by atoms with Gasteiger partial charge in [0.15, 0.2) is 0 Å². The first-order valence-corrected chi connectivity index (χ1v) is 12.3. The van der Waals surface area contributed by atoms with Crippen molar-refractivity contribution in [2.24, 2.45) is 11.3 Å². The van der Waals surface area contributed by atoms with Crippen molar-refractivity contribution in [3.8, 4) is 11.1 Å². The second-order valence-electron chi connectivity index (χ2n) is 10.3. The second-order valence-corrected chi connectivity index (χ2v) is 10.3. The lowest BCUT2D eigenvalue weighted by Crippen LogP contribution is -2.49. The highest BCUT2D eigenvalue weighted by molar-refractivity contribution is 5.81. The summed E-state index contributed by atoms with van der Waals surface area (Å²) in [4.78, 5) is 37.2. The van der Waals surface area contributed by atoms with E-state index in [0.717, 1.165) is 28.7 Å². The summed E-state index contributed by atoms with van der Waals surface area (Å²) in [5.41, 5.74) is 3.64. The van der Waals surface area contributed by atoms with Gasteiger partial charge >= 0.3 is 12.1 Å². The molecule has 1 fully saturated rings. The van der Waals surface area contributed by atoms with Gasteiger partial charge in [0.2, 0.25) is 5.91 Å². The van der Waals surface area contributed by atoms with Crippen LogP contribution in [0.25, 0.3) is 11.1 Å². The average Bonchev–Trinajstić information content (AvgIpc) is 3.36. The Bertz CT molecular complexity index is 1070. The monoisotopic (exact) mass is 478 g/mol. The van der Waals surface area contributed by atoms with Crippen LogP contribution in [0.1, 0.15) is 63.5 Å². The lowest BCUT2D eigenvalue weighted by molar-refractivity contribution is -0.149. The Morgan fingerprint density at radius 3 is 2.23 bits per heavy atom. The van der Waals surface area contributed by atoms with Crippen LogP contribution in [-0.4, -0.2) is 41.8 Å². The Hall–Kier alpha value is -3.35. The largest absolute Gasteiger partial charge is 0.481 e. The number of rotatable bonds is 8. The minimum Gasteiger partial charge on any atom is -0.481 e. The van der Waals surface area contributed by atoms with Gasteiger partial charge in [0, 0.05) is 24.4 Å². The van der Waals surface area contributed by atoms with E-state index in [1.807, 2.05) is 38.1 Å². The highest BCUT2D eigenvalue weighted by Crippen LogP contribution is 2.44. The number of aliphatic carboxylic acids is 1. The molecule has 2 aromatic carbocycles. The number of hydrogen-bond donors (Lipinski definition) is 3. The minimum atomic E-state index is -0.955. The van der Waals surface area contributed by atoms with Crippen molar-refractivity contribution in [3.05, 3.63) is 59.7 Å². The van der Waals surface area contributed by atoms with E-state index in [1.54, 1.807) is 6.92 Å². The van der Waals surface area contributed by atoms with Crippen molar-refractivity contribution < 1.29 is 24.2 Å². The Labute approximate surface area is 206 Å². The number of carboxylic acid groups (broad SMARTS) is 1. The van der Waals surface area contributed by atoms with Crippen LogP contribution < -0.4 is 10.6 Å². The first-order valence-electron chi connectivity index (χ1n) is 12.3. The fourth-order valence-corrected chi connectivity index (χ4v) is 5.35. The summed E-state index contributed by atoms with van der Waals surface area (Å²) >= 11 is 0. The molecule has 0 heterocycles. The number of amides is 2. The van der Waals surface area contributed by atoms with Crippen LogP contribution in [0.2, 0.25) is 0 Å². The van der Waals surface area contributed by atoms with Crippen LogP contribution in [-0.2, 0) is 14.3 Å². The van der Waals surface area contributed by atoms with Gasteiger partial charge in [0.1, 0.15) is 6.61 Å². The van der Waals surface area contributed by atoms with Crippen LogP contribution in [0.15, 0.2) is 48.5 Å². The number of benzene rings is 2. The van der Waals surface area contributed by atoms with E-state index in [4.69, 9.17) is 4.74 Å². The van der Waals surface area contributed by atoms with E-state index in [0.29, 0.717) is 12.8 Å². The molecule has 0 spiro atoms. The van der Waals surface area contributed by atoms with Crippen LogP contribution in [0.4, 0.5) is 4.79 Å². The van der Waals surface area contributed by atoms with Gasteiger partial charge in [0.05, 0.1) is 5.41 Å². The van der Waals surface area contributed by atoms with Gasteiger partial charge in [-0.05, 0) is 47.9 Å². The quantitative estimate of drug-likeness (QED) is 0.510. The zero-order chi connectivity index (χ0) is 25.2. The topological polar surface area (TPSA) is 105 Å². The Kier molecular flexibility index (Phi) is 7.15. The standard InChI is InChI=1S/C28H34N2O5/c1-17(2)23(15-25(31)30-24-13-8-14-28(24,3)26(32)33)29-27(34)35-16-22-20-11-6-4-9-18(20)19-10-5-7-12-21(19)22/h4-7,9-12,17,22-24H,8,13-16H2,1-3H3,(H,29,34)(H,30,31)(H,32,33). The molecule has 2 amide bonds. The number of carboxylic acids is 1. The van der Waals surface area contributed by atoms with Crippen molar-refractivity contribution in [1.29, 1.82) is 0 Å². The number of ether oxygens (including phenoxy) is 1. The highest BCUT2D eigenvalue weighted by Gasteiger charge is 2.46. The highest BCUT2D eigenvalue weighted by atomic mass is 16.5. The molecule has 0 saturated heterocycles. The average molecular weight is 479 g/mol. The molecule has 7 nitrogen and oxygen atoms in total. The number of hydrogen-bond acceptors (Lipinski definition) is 4. The molecule has 2 aromatic rings. The molecule has 4 rings (SSSR count). The van der Waals surface area contributed by atoms with E-state index in [1.165, 1.54) is 0 Å². The van der Waals surface area contributed by atoms with E-state index in [9.17, 15) is 19.5 Å². The first kappa shape index (κ1) is 24.8. The maximum Gasteiger partial charge on any atom is 0.407 e. The minimum absolute atomic E-state index is 0.00401. The third kappa shape index (κ3) is 5.04. The zero-order valence-corrected chi connectivity index (χ0v) is 20.5. The lowest BCUT2D eigenvalue weighted by Gasteiger charge is -2.29. The van der Waals surface area contributed by atoms with Crippen LogP contribution in [0.3, 0.4) is 0 Å². The maximum atomic E-state index is 12.8. The SMILES string of the molecule is CC(C)C(CC(=O)NC1CCCC1(C)C(=O)O)NC(=O)OCC1c2ccccc2-c2ccccc21. The van der Waals surface area contributed by atoms with Crippen molar-refractivity contribution in [2.75, 3.05) is 6.61 Å². The molecule has 0 bridgehead atoms. The Morgan fingerprint density at radius 1 is 1.06 bits per heavy atom. The zero-order valence-electron chi connectivity index (χ0n) is 20.5. The molecular formula is C28H34N2O5. The van der Waals surface area contributed by atoms with Crippen molar-refractivity contribution in [1.82, 2.24) is 10.6 Å². The van der Waals surface area contributed by atoms with Crippen LogP contribution in [0, 0.1) is 11.3 Å². The van der Waals surface area contributed by atoms with Crippen LogP contribution >= 0.6 is 0 Å². The molecule has 7 heteroatoms. The van der Waals surface area contributed by atoms with Crippen LogP contribution in [0.5, 0.6) is 0 Å². The number of fused-ring (bicyclic) bond motifs is 3. The molecule has 35 heavy (non-hydrogen) atoms. The first-order chi connectivity index (χ1) is 16.7. The summed E-state index contributed by atoms with van der Waals surface area (Å²) < 4.78 is 5.64. The van der Waals surface area contributed by atoms with Gasteiger partial charge in [-0.2, -0.15) is 0 Å². The van der Waals surface area contributed by atoms with E-state index < -0.39 is 29.6 Å². The van der Waals surface area contributed by atoms with Crippen molar-refractivity contribution >= 4 is 18.0 Å². The van der Waals surface area contributed by atoms with E-state index >= 15 is 0 Å².